The van der Waals surface area contributed by atoms with Crippen LogP contribution in [0.25, 0.3) is 0 Å². The summed E-state index contributed by atoms with van der Waals surface area (Å²) >= 11 is 0. The van der Waals surface area contributed by atoms with Crippen molar-refractivity contribution in [1.82, 2.24) is 15.3 Å². The predicted molar refractivity (Wildman–Crippen MR) is 79.9 cm³/mol. The Hall–Kier alpha value is -2.14. The second kappa shape index (κ2) is 6.86. The first-order valence-corrected chi connectivity index (χ1v) is 6.53. The first-order chi connectivity index (χ1) is 9.74. The smallest absolute Gasteiger partial charge is 0.147 e. The minimum Gasteiger partial charge on any atom is -0.496 e. The van der Waals surface area contributed by atoms with Crippen LogP contribution in [0, 0.1) is 0 Å². The maximum Gasteiger partial charge on any atom is 0.147 e. The molecule has 106 valence electrons. The van der Waals surface area contributed by atoms with Crippen molar-refractivity contribution in [3.63, 3.8) is 0 Å². The van der Waals surface area contributed by atoms with Gasteiger partial charge in [0.2, 0.25) is 0 Å². The highest BCUT2D eigenvalue weighted by Crippen LogP contribution is 2.20. The van der Waals surface area contributed by atoms with Crippen molar-refractivity contribution in [2.75, 3.05) is 26.1 Å². The molecular weight excluding hydrogens is 252 g/mol. The van der Waals surface area contributed by atoms with Crippen molar-refractivity contribution >= 4 is 5.82 Å². The maximum atomic E-state index is 5.36. The molecular formula is C15H20N4O. The average Bonchev–Trinajstić information content (AvgIpc) is 2.49. The van der Waals surface area contributed by atoms with E-state index in [0.29, 0.717) is 0 Å². The molecule has 0 saturated carbocycles. The molecule has 1 heterocycles. The van der Waals surface area contributed by atoms with Gasteiger partial charge in [-0.05, 0) is 13.1 Å². The number of anilines is 1. The molecule has 2 rings (SSSR count). The molecule has 0 atom stereocenters. The first-order valence-electron chi connectivity index (χ1n) is 6.53. The normalized spacial score (nSPS) is 10.3. The molecule has 0 aliphatic carbocycles. The second-order valence-electron chi connectivity index (χ2n) is 4.56. The lowest BCUT2D eigenvalue weighted by atomic mass is 10.2. The number of ether oxygens (including phenoxy) is 1. The van der Waals surface area contributed by atoms with Gasteiger partial charge in [-0.2, -0.15) is 0 Å². The van der Waals surface area contributed by atoms with Gasteiger partial charge in [0.1, 0.15) is 11.6 Å². The van der Waals surface area contributed by atoms with Gasteiger partial charge in [-0.15, -0.1) is 0 Å². The van der Waals surface area contributed by atoms with Gasteiger partial charge in [-0.1, -0.05) is 18.2 Å². The molecule has 2 aromatic rings. The molecule has 20 heavy (non-hydrogen) atoms. The van der Waals surface area contributed by atoms with E-state index in [1.165, 1.54) is 0 Å². The summed E-state index contributed by atoms with van der Waals surface area (Å²) in [6.07, 6.45) is 3.59. The largest absolute Gasteiger partial charge is 0.496 e. The topological polar surface area (TPSA) is 50.3 Å². The number of benzene rings is 1. The van der Waals surface area contributed by atoms with Crippen LogP contribution in [0.5, 0.6) is 5.75 Å². The van der Waals surface area contributed by atoms with E-state index in [1.807, 2.05) is 37.2 Å². The van der Waals surface area contributed by atoms with Crippen LogP contribution in [0.2, 0.25) is 0 Å². The van der Waals surface area contributed by atoms with Gasteiger partial charge >= 0.3 is 0 Å². The summed E-state index contributed by atoms with van der Waals surface area (Å²) in [7, 11) is 5.57. The van der Waals surface area contributed by atoms with Gasteiger partial charge in [0, 0.05) is 25.7 Å². The molecule has 0 spiro atoms. The van der Waals surface area contributed by atoms with Crippen molar-refractivity contribution in [3.8, 4) is 5.75 Å². The summed E-state index contributed by atoms with van der Waals surface area (Å²) in [5.74, 6) is 1.73. The third kappa shape index (κ3) is 3.45. The maximum absolute atomic E-state index is 5.36. The summed E-state index contributed by atoms with van der Waals surface area (Å²) in [5.41, 5.74) is 2.06. The molecule has 0 saturated heterocycles. The van der Waals surface area contributed by atoms with Crippen molar-refractivity contribution < 1.29 is 4.74 Å². The van der Waals surface area contributed by atoms with E-state index in [0.717, 1.165) is 35.9 Å². The fraction of sp³-hybridized carbons (Fsp3) is 0.333. The summed E-state index contributed by atoms with van der Waals surface area (Å²) in [6, 6.07) is 7.99. The van der Waals surface area contributed by atoms with Crippen LogP contribution < -0.4 is 15.0 Å². The van der Waals surface area contributed by atoms with Crippen LogP contribution in [0.15, 0.2) is 36.7 Å². The van der Waals surface area contributed by atoms with E-state index in [4.69, 9.17) is 4.74 Å². The van der Waals surface area contributed by atoms with Gasteiger partial charge < -0.3 is 15.0 Å². The minimum atomic E-state index is 0.726. The molecule has 0 aliphatic rings. The summed E-state index contributed by atoms with van der Waals surface area (Å²) in [6.45, 7) is 1.45. The lowest BCUT2D eigenvalue weighted by Gasteiger charge is -2.19. The molecule has 1 N–H and O–H groups in total. The Kier molecular flexibility index (Phi) is 4.90. The van der Waals surface area contributed by atoms with Crippen LogP contribution in [0.1, 0.15) is 11.3 Å². The second-order valence-corrected chi connectivity index (χ2v) is 4.56. The third-order valence-electron chi connectivity index (χ3n) is 3.04. The zero-order chi connectivity index (χ0) is 14.4. The lowest BCUT2D eigenvalue weighted by molar-refractivity contribution is 0.409. The summed E-state index contributed by atoms with van der Waals surface area (Å²) in [5, 5.41) is 3.05. The van der Waals surface area contributed by atoms with Crippen molar-refractivity contribution in [2.45, 2.75) is 13.1 Å². The molecule has 5 nitrogen and oxygen atoms in total. The highest BCUT2D eigenvalue weighted by Gasteiger charge is 2.08. The highest BCUT2D eigenvalue weighted by atomic mass is 16.5. The SMILES string of the molecule is CNCc1cnc(N(C)Cc2ccccc2OC)cn1. The van der Waals surface area contributed by atoms with Crippen LogP contribution in [-0.4, -0.2) is 31.2 Å². The quantitative estimate of drug-likeness (QED) is 0.869. The Bertz CT molecular complexity index is 542. The monoisotopic (exact) mass is 272 g/mol. The fourth-order valence-corrected chi connectivity index (χ4v) is 1.99. The van der Waals surface area contributed by atoms with E-state index < -0.39 is 0 Å². The number of nitrogens with one attached hydrogen (secondary N) is 1. The fourth-order valence-electron chi connectivity index (χ4n) is 1.99. The van der Waals surface area contributed by atoms with Gasteiger partial charge in [0.25, 0.3) is 0 Å². The zero-order valence-electron chi connectivity index (χ0n) is 12.1. The predicted octanol–water partition coefficient (Wildman–Crippen LogP) is 1.84. The molecule has 0 unspecified atom stereocenters. The number of hydrogen-bond donors (Lipinski definition) is 1. The van der Waals surface area contributed by atoms with Crippen molar-refractivity contribution in [1.29, 1.82) is 0 Å². The van der Waals surface area contributed by atoms with E-state index >= 15 is 0 Å². The third-order valence-corrected chi connectivity index (χ3v) is 3.04. The van der Waals surface area contributed by atoms with Crippen LogP contribution >= 0.6 is 0 Å². The van der Waals surface area contributed by atoms with Crippen molar-refractivity contribution in [3.05, 3.63) is 47.9 Å². The number of hydrogen-bond acceptors (Lipinski definition) is 5. The first kappa shape index (κ1) is 14.3. The van der Waals surface area contributed by atoms with Gasteiger partial charge in [-0.25, -0.2) is 4.98 Å². The van der Waals surface area contributed by atoms with E-state index in [-0.39, 0.29) is 0 Å². The summed E-state index contributed by atoms with van der Waals surface area (Å²) in [4.78, 5) is 10.9. The summed E-state index contributed by atoms with van der Waals surface area (Å²) < 4.78 is 5.36. The number of methoxy groups -OCH3 is 1. The molecule has 0 fully saturated rings. The average molecular weight is 272 g/mol. The lowest BCUT2D eigenvalue weighted by Crippen LogP contribution is -2.19. The van der Waals surface area contributed by atoms with Gasteiger partial charge in [0.05, 0.1) is 25.2 Å². The van der Waals surface area contributed by atoms with E-state index in [9.17, 15) is 0 Å². The Balaban J connectivity index is 2.09. The Labute approximate surface area is 119 Å². The highest BCUT2D eigenvalue weighted by molar-refractivity contribution is 5.40. The molecule has 5 heteroatoms. The Morgan fingerprint density at radius 1 is 1.20 bits per heavy atom. The number of rotatable bonds is 6. The molecule has 0 radical (unpaired) electrons. The van der Waals surface area contributed by atoms with Gasteiger partial charge in [-0.3, -0.25) is 4.98 Å². The number of nitrogens with zero attached hydrogens (tertiary/aromatic N) is 3. The molecule has 0 bridgehead atoms. The van der Waals surface area contributed by atoms with Gasteiger partial charge in [0.15, 0.2) is 0 Å². The van der Waals surface area contributed by atoms with E-state index in [1.54, 1.807) is 19.5 Å². The van der Waals surface area contributed by atoms with Crippen LogP contribution in [-0.2, 0) is 13.1 Å². The van der Waals surface area contributed by atoms with E-state index in [2.05, 4.69) is 21.4 Å². The standard InChI is InChI=1S/C15H20N4O/c1-16-8-13-9-18-15(10-17-13)19(2)11-12-6-4-5-7-14(12)20-3/h4-7,9-10,16H,8,11H2,1-3H3. The molecule has 0 amide bonds. The molecule has 1 aromatic heterocycles. The minimum absolute atomic E-state index is 0.726. The molecule has 0 aliphatic heterocycles. The van der Waals surface area contributed by atoms with Crippen molar-refractivity contribution in [2.24, 2.45) is 0 Å². The van der Waals surface area contributed by atoms with Crippen LogP contribution in [0.4, 0.5) is 5.82 Å². The Morgan fingerprint density at radius 2 is 2.00 bits per heavy atom. The molecule has 1 aromatic carbocycles. The zero-order valence-corrected chi connectivity index (χ0v) is 12.1. The Morgan fingerprint density at radius 3 is 2.65 bits per heavy atom. The van der Waals surface area contributed by atoms with Crippen LogP contribution in [0.3, 0.4) is 0 Å². The number of para-hydroxylation sites is 1. The number of aromatic nitrogens is 2.